The second-order valence-corrected chi connectivity index (χ2v) is 3.81. The number of hydrogen-bond acceptors (Lipinski definition) is 4. The molecule has 1 heterocycles. The topological polar surface area (TPSA) is 97.1 Å². The number of amides is 1. The van der Waals surface area contributed by atoms with E-state index in [1.807, 2.05) is 0 Å². The average molecular weight is 282 g/mol. The fourth-order valence-corrected chi connectivity index (χ4v) is 1.44. The van der Waals surface area contributed by atoms with Crippen LogP contribution in [0.25, 0.3) is 0 Å². The van der Waals surface area contributed by atoms with Gasteiger partial charge in [0.1, 0.15) is 18.2 Å². The number of carboxylic acid groups (broad SMARTS) is 1. The lowest BCUT2D eigenvalue weighted by Gasteiger charge is -2.03. The first kappa shape index (κ1) is 13.6. The second kappa shape index (κ2) is 5.43. The van der Waals surface area contributed by atoms with Gasteiger partial charge >= 0.3 is 5.97 Å². The minimum absolute atomic E-state index is 0.0831. The molecule has 104 valence electrons. The highest BCUT2D eigenvalue weighted by molar-refractivity contribution is 6.02. The summed E-state index contributed by atoms with van der Waals surface area (Å²) in [5.41, 5.74) is -0.254. The van der Waals surface area contributed by atoms with Crippen LogP contribution < -0.4 is 5.32 Å². The Hall–Kier alpha value is -2.84. The zero-order valence-corrected chi connectivity index (χ0v) is 9.88. The molecule has 0 aliphatic heterocycles. The Balaban J connectivity index is 2.11. The molecule has 7 nitrogen and oxygen atoms in total. The normalized spacial score (nSPS) is 10.3. The van der Waals surface area contributed by atoms with Crippen molar-refractivity contribution in [3.05, 3.63) is 41.7 Å². The number of nitrogens with one attached hydrogen (secondary N) is 1. The molecule has 2 N–H and O–H groups in total. The highest BCUT2D eigenvalue weighted by atomic mass is 19.1. The fraction of sp³-hybridized carbons (Fsp3) is 0.0909. The largest absolute Gasteiger partial charge is 0.480 e. The van der Waals surface area contributed by atoms with E-state index in [-0.39, 0.29) is 11.4 Å². The van der Waals surface area contributed by atoms with Crippen molar-refractivity contribution in [1.29, 1.82) is 0 Å². The maximum atomic E-state index is 12.9. The van der Waals surface area contributed by atoms with Crippen molar-refractivity contribution in [2.45, 2.75) is 6.54 Å². The van der Waals surface area contributed by atoms with Crippen LogP contribution in [0.5, 0.6) is 0 Å². The van der Waals surface area contributed by atoms with E-state index in [2.05, 4.69) is 15.6 Å². The number of rotatable bonds is 4. The summed E-state index contributed by atoms with van der Waals surface area (Å²) in [6.07, 6.45) is 1.11. The number of hydrogen-bond donors (Lipinski definition) is 2. The summed E-state index contributed by atoms with van der Waals surface area (Å²) in [6.45, 7) is -0.450. The zero-order chi connectivity index (χ0) is 14.7. The van der Waals surface area contributed by atoms with E-state index in [0.29, 0.717) is 6.07 Å². The van der Waals surface area contributed by atoms with Gasteiger partial charge in [-0.1, -0.05) is 5.21 Å². The summed E-state index contributed by atoms with van der Waals surface area (Å²) >= 11 is 0. The maximum Gasteiger partial charge on any atom is 0.325 e. The Bertz CT molecular complexity index is 651. The van der Waals surface area contributed by atoms with Crippen LogP contribution in [-0.2, 0) is 11.3 Å². The number of carbonyl (C=O) groups is 2. The van der Waals surface area contributed by atoms with Gasteiger partial charge in [0, 0.05) is 11.8 Å². The number of carbonyl (C=O) groups excluding carboxylic acids is 1. The quantitative estimate of drug-likeness (QED) is 0.868. The molecular formula is C11H8F2N4O3. The summed E-state index contributed by atoms with van der Waals surface area (Å²) in [5, 5.41) is 17.7. The monoisotopic (exact) mass is 282 g/mol. The first-order valence-corrected chi connectivity index (χ1v) is 5.33. The molecule has 0 radical (unpaired) electrons. The summed E-state index contributed by atoms with van der Waals surface area (Å²) in [4.78, 5) is 22.2. The first-order valence-electron chi connectivity index (χ1n) is 5.33. The van der Waals surface area contributed by atoms with Crippen LogP contribution in [0.1, 0.15) is 10.5 Å². The van der Waals surface area contributed by atoms with Gasteiger partial charge in [-0.15, -0.1) is 5.10 Å². The Morgan fingerprint density at radius 2 is 1.90 bits per heavy atom. The molecule has 2 aromatic rings. The van der Waals surface area contributed by atoms with Gasteiger partial charge in [-0.25, -0.2) is 13.5 Å². The molecule has 20 heavy (non-hydrogen) atoms. The lowest BCUT2D eigenvalue weighted by molar-refractivity contribution is -0.137. The van der Waals surface area contributed by atoms with Crippen LogP contribution in [-0.4, -0.2) is 32.0 Å². The van der Waals surface area contributed by atoms with Crippen molar-refractivity contribution in [2.24, 2.45) is 0 Å². The molecule has 1 aromatic heterocycles. The Labute approximate surface area is 110 Å². The molecule has 0 aliphatic carbocycles. The number of anilines is 1. The maximum absolute atomic E-state index is 12.9. The van der Waals surface area contributed by atoms with E-state index in [4.69, 9.17) is 5.11 Å². The van der Waals surface area contributed by atoms with Crippen molar-refractivity contribution in [3.8, 4) is 0 Å². The molecule has 0 spiro atoms. The van der Waals surface area contributed by atoms with Gasteiger partial charge < -0.3 is 10.4 Å². The van der Waals surface area contributed by atoms with E-state index in [9.17, 15) is 18.4 Å². The molecule has 0 unspecified atom stereocenters. The molecule has 9 heteroatoms. The van der Waals surface area contributed by atoms with Crippen LogP contribution in [0.4, 0.5) is 14.5 Å². The predicted molar refractivity (Wildman–Crippen MR) is 62.0 cm³/mol. The summed E-state index contributed by atoms with van der Waals surface area (Å²) in [7, 11) is 0. The molecule has 1 aromatic carbocycles. The average Bonchev–Trinajstić information content (AvgIpc) is 2.75. The van der Waals surface area contributed by atoms with Gasteiger partial charge in [0.2, 0.25) is 0 Å². The van der Waals surface area contributed by atoms with Gasteiger partial charge in [0.05, 0.1) is 6.20 Å². The molecule has 1 amide bonds. The number of aromatic nitrogens is 3. The SMILES string of the molecule is O=C(O)Cn1cc(C(=O)Nc2cc(F)cc(F)c2)nn1. The number of halogens is 2. The lowest BCUT2D eigenvalue weighted by atomic mass is 10.3. The van der Waals surface area contributed by atoms with Gasteiger partial charge in [0.25, 0.3) is 5.91 Å². The second-order valence-electron chi connectivity index (χ2n) is 3.81. The Morgan fingerprint density at radius 1 is 1.25 bits per heavy atom. The Morgan fingerprint density at radius 3 is 2.50 bits per heavy atom. The minimum Gasteiger partial charge on any atom is -0.480 e. The van der Waals surface area contributed by atoms with Crippen LogP contribution in [0.2, 0.25) is 0 Å². The number of benzene rings is 1. The van der Waals surface area contributed by atoms with Crippen molar-refractivity contribution in [1.82, 2.24) is 15.0 Å². The number of carboxylic acids is 1. The summed E-state index contributed by atoms with van der Waals surface area (Å²) < 4.78 is 26.8. The van der Waals surface area contributed by atoms with Crippen molar-refractivity contribution in [3.63, 3.8) is 0 Å². The van der Waals surface area contributed by atoms with E-state index >= 15 is 0 Å². The standard InChI is InChI=1S/C11H8F2N4O3/c12-6-1-7(13)3-8(2-6)14-11(20)9-4-17(16-15-9)5-10(18)19/h1-4H,5H2,(H,14,20)(H,18,19). The molecule has 0 saturated carbocycles. The third-order valence-corrected chi connectivity index (χ3v) is 2.19. The first-order chi connectivity index (χ1) is 9.44. The van der Waals surface area contributed by atoms with Gasteiger partial charge in [-0.3, -0.25) is 9.59 Å². The van der Waals surface area contributed by atoms with Crippen LogP contribution in [0.15, 0.2) is 24.4 Å². The van der Waals surface area contributed by atoms with Crippen molar-refractivity contribution >= 4 is 17.6 Å². The van der Waals surface area contributed by atoms with Gasteiger partial charge in [-0.05, 0) is 12.1 Å². The molecule has 0 saturated heterocycles. The highest BCUT2D eigenvalue weighted by Crippen LogP contribution is 2.13. The van der Waals surface area contributed by atoms with Crippen molar-refractivity contribution in [2.75, 3.05) is 5.32 Å². The Kier molecular flexibility index (Phi) is 3.69. The van der Waals surface area contributed by atoms with Crippen LogP contribution in [0.3, 0.4) is 0 Å². The van der Waals surface area contributed by atoms with Gasteiger partial charge in [-0.2, -0.15) is 0 Å². The van der Waals surface area contributed by atoms with E-state index in [1.54, 1.807) is 0 Å². The van der Waals surface area contributed by atoms with Crippen LogP contribution in [0, 0.1) is 11.6 Å². The highest BCUT2D eigenvalue weighted by Gasteiger charge is 2.13. The molecule has 0 atom stereocenters. The van der Waals surface area contributed by atoms with Crippen LogP contribution >= 0.6 is 0 Å². The minimum atomic E-state index is -1.14. The van der Waals surface area contributed by atoms with E-state index < -0.39 is 30.1 Å². The van der Waals surface area contributed by atoms with Gasteiger partial charge in [0.15, 0.2) is 5.69 Å². The summed E-state index contributed by atoms with van der Waals surface area (Å²) in [5.74, 6) is -3.58. The lowest BCUT2D eigenvalue weighted by Crippen LogP contribution is -2.13. The predicted octanol–water partition coefficient (Wildman–Crippen LogP) is 0.893. The van der Waals surface area contributed by atoms with E-state index in [0.717, 1.165) is 23.0 Å². The third kappa shape index (κ3) is 3.34. The number of nitrogens with zero attached hydrogens (tertiary/aromatic N) is 3. The molecule has 2 rings (SSSR count). The molecular weight excluding hydrogens is 274 g/mol. The molecule has 0 aliphatic rings. The third-order valence-electron chi connectivity index (χ3n) is 2.19. The smallest absolute Gasteiger partial charge is 0.325 e. The molecule has 0 fully saturated rings. The van der Waals surface area contributed by atoms with E-state index in [1.165, 1.54) is 0 Å². The van der Waals surface area contributed by atoms with Crippen molar-refractivity contribution < 1.29 is 23.5 Å². The summed E-state index contributed by atoms with van der Waals surface area (Å²) in [6, 6.07) is 2.53. The number of aliphatic carboxylic acids is 1. The fourth-order valence-electron chi connectivity index (χ4n) is 1.44. The zero-order valence-electron chi connectivity index (χ0n) is 9.88. The molecule has 0 bridgehead atoms.